The maximum atomic E-state index is 4.46. The van der Waals surface area contributed by atoms with E-state index in [-0.39, 0.29) is 0 Å². The van der Waals surface area contributed by atoms with Crippen LogP contribution in [0, 0.1) is 5.92 Å². The molecule has 106 valence electrons. The average molecular weight is 279 g/mol. The molecule has 0 aromatic carbocycles. The van der Waals surface area contributed by atoms with Gasteiger partial charge in [0, 0.05) is 30.2 Å². The van der Waals surface area contributed by atoms with E-state index in [1.165, 1.54) is 49.9 Å². The summed E-state index contributed by atoms with van der Waals surface area (Å²) in [4.78, 5) is 8.61. The first-order valence-corrected chi connectivity index (χ1v) is 8.61. The average Bonchev–Trinajstić information content (AvgIpc) is 2.87. The molecule has 0 amide bonds. The number of hydrogen-bond donors (Lipinski definition) is 1. The normalized spacial score (nSPS) is 28.1. The van der Waals surface area contributed by atoms with Crippen LogP contribution in [0.5, 0.6) is 0 Å². The Labute approximate surface area is 120 Å². The third kappa shape index (κ3) is 3.11. The van der Waals surface area contributed by atoms with Crippen molar-refractivity contribution in [3.8, 4) is 0 Å². The molecule has 2 fully saturated rings. The molecule has 0 bridgehead atoms. The third-order valence-electron chi connectivity index (χ3n) is 4.60. The zero-order valence-corrected chi connectivity index (χ0v) is 12.7. The second-order valence-electron chi connectivity index (χ2n) is 5.89. The Kier molecular flexibility index (Phi) is 4.38. The van der Waals surface area contributed by atoms with E-state index < -0.39 is 0 Å². The maximum absolute atomic E-state index is 4.46. The number of aromatic nitrogens is 1. The van der Waals surface area contributed by atoms with Crippen LogP contribution in [0.3, 0.4) is 0 Å². The summed E-state index contributed by atoms with van der Waals surface area (Å²) in [6.45, 7) is 5.49. The van der Waals surface area contributed by atoms with E-state index in [9.17, 15) is 0 Å². The lowest BCUT2D eigenvalue weighted by molar-refractivity contribution is 0.0554. The smallest absolute Gasteiger partial charge is 0.182 e. The molecule has 0 radical (unpaired) electrons. The van der Waals surface area contributed by atoms with E-state index in [2.05, 4.69) is 28.3 Å². The van der Waals surface area contributed by atoms with Crippen molar-refractivity contribution < 1.29 is 0 Å². The lowest BCUT2D eigenvalue weighted by atomic mass is 9.78. The fraction of sp³-hybridized carbons (Fsp3) is 0.800. The lowest BCUT2D eigenvalue weighted by Gasteiger charge is -2.44. The molecule has 2 atom stereocenters. The molecular weight excluding hydrogens is 254 g/mol. The molecule has 1 saturated heterocycles. The van der Waals surface area contributed by atoms with Crippen molar-refractivity contribution >= 4 is 16.5 Å². The molecular formula is C15H25N3S. The lowest BCUT2D eigenvalue weighted by Crippen LogP contribution is -2.46. The largest absolute Gasteiger partial charge is 0.362 e. The van der Waals surface area contributed by atoms with Gasteiger partial charge in [-0.2, -0.15) is 0 Å². The highest BCUT2D eigenvalue weighted by molar-refractivity contribution is 7.15. The van der Waals surface area contributed by atoms with Gasteiger partial charge in [0.15, 0.2) is 5.13 Å². The Balaban J connectivity index is 1.63. The van der Waals surface area contributed by atoms with Gasteiger partial charge in [-0.1, -0.05) is 12.8 Å². The first-order chi connectivity index (χ1) is 9.36. The topological polar surface area (TPSA) is 28.2 Å². The van der Waals surface area contributed by atoms with E-state index >= 15 is 0 Å². The first-order valence-electron chi connectivity index (χ1n) is 7.79. The van der Waals surface area contributed by atoms with Crippen molar-refractivity contribution in [2.45, 2.75) is 58.0 Å². The van der Waals surface area contributed by atoms with Gasteiger partial charge in [0.05, 0.1) is 0 Å². The summed E-state index contributed by atoms with van der Waals surface area (Å²) in [5, 5.41) is 4.39. The van der Waals surface area contributed by atoms with Gasteiger partial charge in [-0.05, 0) is 45.1 Å². The molecule has 2 aliphatic rings. The number of likely N-dealkylation sites (tertiary alicyclic amines) is 1. The van der Waals surface area contributed by atoms with E-state index in [0.717, 1.165) is 30.2 Å². The van der Waals surface area contributed by atoms with Crippen LogP contribution in [0.1, 0.15) is 50.3 Å². The van der Waals surface area contributed by atoms with Crippen molar-refractivity contribution in [1.29, 1.82) is 0 Å². The molecule has 4 heteroatoms. The van der Waals surface area contributed by atoms with E-state index in [1.54, 1.807) is 0 Å². The monoisotopic (exact) mass is 279 g/mol. The summed E-state index contributed by atoms with van der Waals surface area (Å²) >= 11 is 1.83. The fourth-order valence-corrected chi connectivity index (χ4v) is 4.64. The number of nitrogens with one attached hydrogen (secondary N) is 1. The Morgan fingerprint density at radius 2 is 2.16 bits per heavy atom. The number of fused-ring (bicyclic) bond motifs is 1. The van der Waals surface area contributed by atoms with Crippen LogP contribution < -0.4 is 5.32 Å². The van der Waals surface area contributed by atoms with Crippen molar-refractivity contribution in [1.82, 2.24) is 9.88 Å². The number of hydrogen-bond acceptors (Lipinski definition) is 4. The van der Waals surface area contributed by atoms with Crippen molar-refractivity contribution in [3.63, 3.8) is 0 Å². The van der Waals surface area contributed by atoms with Gasteiger partial charge in [-0.3, -0.25) is 4.90 Å². The van der Waals surface area contributed by atoms with Crippen LogP contribution in [-0.4, -0.2) is 29.0 Å². The van der Waals surface area contributed by atoms with Gasteiger partial charge in [0.2, 0.25) is 0 Å². The van der Waals surface area contributed by atoms with Gasteiger partial charge >= 0.3 is 0 Å². The molecule has 19 heavy (non-hydrogen) atoms. The summed E-state index contributed by atoms with van der Waals surface area (Å²) in [5.41, 5.74) is 0. The molecule has 1 aliphatic heterocycles. The first kappa shape index (κ1) is 13.4. The van der Waals surface area contributed by atoms with E-state index in [4.69, 9.17) is 0 Å². The van der Waals surface area contributed by atoms with Gasteiger partial charge in [-0.25, -0.2) is 4.98 Å². The molecule has 1 aliphatic carbocycles. The number of piperidine rings is 1. The highest BCUT2D eigenvalue weighted by atomic mass is 32.1. The molecule has 1 aromatic heterocycles. The summed E-state index contributed by atoms with van der Waals surface area (Å²) in [5.74, 6) is 0.976. The predicted molar refractivity (Wildman–Crippen MR) is 81.7 cm³/mol. The van der Waals surface area contributed by atoms with Crippen LogP contribution in [0.2, 0.25) is 0 Å². The molecule has 0 unspecified atom stereocenters. The second-order valence-corrected chi connectivity index (χ2v) is 7.00. The van der Waals surface area contributed by atoms with Gasteiger partial charge in [0.1, 0.15) is 0 Å². The molecule has 1 N–H and O–H groups in total. The van der Waals surface area contributed by atoms with Crippen LogP contribution in [0.25, 0.3) is 0 Å². The van der Waals surface area contributed by atoms with Crippen LogP contribution in [0.15, 0.2) is 6.20 Å². The third-order valence-corrected chi connectivity index (χ3v) is 5.54. The summed E-state index contributed by atoms with van der Waals surface area (Å²) in [7, 11) is 0. The summed E-state index contributed by atoms with van der Waals surface area (Å²) in [6.07, 6.45) is 10.7. The minimum atomic E-state index is 0.854. The second kappa shape index (κ2) is 6.23. The Hall–Kier alpha value is -0.610. The van der Waals surface area contributed by atoms with Gasteiger partial charge in [-0.15, -0.1) is 11.3 Å². The van der Waals surface area contributed by atoms with Gasteiger partial charge in [0.25, 0.3) is 0 Å². The maximum Gasteiger partial charge on any atom is 0.182 e. The van der Waals surface area contributed by atoms with E-state index in [0.29, 0.717) is 0 Å². The van der Waals surface area contributed by atoms with Crippen LogP contribution in [-0.2, 0) is 6.54 Å². The summed E-state index contributed by atoms with van der Waals surface area (Å²) < 4.78 is 0. The van der Waals surface area contributed by atoms with Gasteiger partial charge < -0.3 is 5.32 Å². The number of thiazole rings is 1. The van der Waals surface area contributed by atoms with Crippen molar-refractivity contribution in [3.05, 3.63) is 11.1 Å². The standard InChI is InChI=1S/C15H25N3S/c1-2-16-15-17-10-13(19-15)11-18-9-5-7-12-6-3-4-8-14(12)18/h10,12,14H,2-9,11H2,1H3,(H,16,17)/t12-,14-/m1/s1. The fourth-order valence-electron chi connectivity index (χ4n) is 3.74. The van der Waals surface area contributed by atoms with Crippen molar-refractivity contribution in [2.75, 3.05) is 18.4 Å². The minimum Gasteiger partial charge on any atom is -0.362 e. The highest BCUT2D eigenvalue weighted by Crippen LogP contribution is 2.36. The van der Waals surface area contributed by atoms with E-state index in [1.807, 2.05) is 11.3 Å². The summed E-state index contributed by atoms with van der Waals surface area (Å²) in [6, 6.07) is 0.854. The Morgan fingerprint density at radius 3 is 3.05 bits per heavy atom. The minimum absolute atomic E-state index is 0.854. The molecule has 0 spiro atoms. The molecule has 2 heterocycles. The molecule has 1 aromatic rings. The predicted octanol–water partition coefficient (Wildman–Crippen LogP) is 3.73. The zero-order chi connectivity index (χ0) is 13.1. The Morgan fingerprint density at radius 1 is 1.32 bits per heavy atom. The van der Waals surface area contributed by atoms with Crippen molar-refractivity contribution in [2.24, 2.45) is 5.92 Å². The number of anilines is 1. The molecule has 3 nitrogen and oxygen atoms in total. The van der Waals surface area contributed by atoms with Crippen LogP contribution in [0.4, 0.5) is 5.13 Å². The van der Waals surface area contributed by atoms with Crippen LogP contribution >= 0.6 is 11.3 Å². The molecule has 3 rings (SSSR count). The number of nitrogens with zero attached hydrogens (tertiary/aromatic N) is 2. The SMILES string of the molecule is CCNc1ncc(CN2CCC[C@H]3CCCC[C@H]32)s1. The molecule has 1 saturated carbocycles. The highest BCUT2D eigenvalue weighted by Gasteiger charge is 2.33. The quantitative estimate of drug-likeness (QED) is 0.910. The zero-order valence-electron chi connectivity index (χ0n) is 11.9. The number of rotatable bonds is 4. The Bertz CT molecular complexity index is 402.